The predicted molar refractivity (Wildman–Crippen MR) is 152 cm³/mol. The molecule has 3 aromatic rings. The maximum Gasteiger partial charge on any atom is 0.323 e. The molecule has 2 bridgehead atoms. The number of fused-ring (bicyclic) bond motifs is 9. The van der Waals surface area contributed by atoms with Gasteiger partial charge in [-0.05, 0) is 36.3 Å². The van der Waals surface area contributed by atoms with E-state index in [1.807, 2.05) is 12.1 Å². The number of thiazole rings is 1. The van der Waals surface area contributed by atoms with E-state index in [9.17, 15) is 34.4 Å². The van der Waals surface area contributed by atoms with E-state index in [0.29, 0.717) is 32.7 Å². The summed E-state index contributed by atoms with van der Waals surface area (Å²) >= 11 is 8.84. The summed E-state index contributed by atoms with van der Waals surface area (Å²) < 4.78 is 6.24. The molecule has 1 saturated heterocycles. The van der Waals surface area contributed by atoms with Crippen LogP contribution in [0.2, 0.25) is 5.02 Å². The van der Waals surface area contributed by atoms with E-state index >= 15 is 0 Å². The highest BCUT2D eigenvalue weighted by atomic mass is 35.5. The fourth-order valence-electron chi connectivity index (χ4n) is 7.51. The third-order valence-corrected chi connectivity index (χ3v) is 11.9. The van der Waals surface area contributed by atoms with Crippen LogP contribution in [0.1, 0.15) is 28.3 Å². The Kier molecular flexibility index (Phi) is 6.44. The zero-order valence-corrected chi connectivity index (χ0v) is 24.0. The average molecular weight is 628 g/mol. The summed E-state index contributed by atoms with van der Waals surface area (Å²) in [5.41, 5.74) is 1.10. The minimum absolute atomic E-state index is 0.101. The second kappa shape index (κ2) is 9.96. The number of carbonyl (C=O) groups is 3. The van der Waals surface area contributed by atoms with Gasteiger partial charge in [-0.1, -0.05) is 41.1 Å². The number of rotatable bonds is 7. The number of non-ortho nitro benzene ring substituents is 1. The molecule has 11 nitrogen and oxygen atoms in total. The molecule has 2 aliphatic heterocycles. The lowest BCUT2D eigenvalue weighted by Crippen LogP contribution is -2.42. The van der Waals surface area contributed by atoms with Crippen LogP contribution in [0.15, 0.2) is 52.3 Å². The zero-order chi connectivity index (χ0) is 29.4. The van der Waals surface area contributed by atoms with Gasteiger partial charge in [0.05, 0.1) is 21.8 Å². The fourth-order valence-corrected chi connectivity index (χ4v) is 10.6. The quantitative estimate of drug-likeness (QED) is 0.223. The number of imide groups is 1. The molecule has 3 heterocycles. The number of nitrogens with zero attached hydrogens (tertiary/aromatic N) is 2. The molecule has 4 aliphatic rings. The Hall–Kier alpha value is -3.68. The first-order valence-corrected chi connectivity index (χ1v) is 15.3. The smallest absolute Gasteiger partial charge is 0.323 e. The minimum atomic E-state index is -1.26. The molecule has 0 spiro atoms. The third kappa shape index (κ3) is 4.08. The van der Waals surface area contributed by atoms with E-state index in [1.54, 1.807) is 18.2 Å². The standard InChI is InChI=1S/C28H22ClN3O8S2/c29-16-4-2-1-3-11(16)10-40-17-6-5-12(32(38)39)7-13(17)19-20-14-8-15(23(20)41-25-24(19)42-28(37)30-25)22-21(14)26(35)31(27(22)36)9-18(33)34/h1-7,14-15,19-23H,8-10H2,(H,30,37)(H,33,34)/t14-,15+,19-,20+,21+,22+,23-/m0/s1. The Morgan fingerprint density at radius 1 is 1.14 bits per heavy atom. The van der Waals surface area contributed by atoms with E-state index in [1.165, 1.54) is 23.9 Å². The molecule has 2 saturated carbocycles. The maximum absolute atomic E-state index is 13.4. The number of carboxylic acid groups (broad SMARTS) is 1. The molecule has 216 valence electrons. The van der Waals surface area contributed by atoms with Crippen LogP contribution in [0.25, 0.3) is 0 Å². The molecule has 0 radical (unpaired) electrons. The first kappa shape index (κ1) is 27.2. The van der Waals surface area contributed by atoms with Crippen molar-refractivity contribution >= 4 is 58.2 Å². The number of aromatic amines is 1. The van der Waals surface area contributed by atoms with Gasteiger partial charge in [-0.2, -0.15) is 0 Å². The van der Waals surface area contributed by atoms with E-state index in [4.69, 9.17) is 16.3 Å². The molecule has 7 rings (SSSR count). The van der Waals surface area contributed by atoms with Gasteiger partial charge < -0.3 is 14.8 Å². The number of nitrogens with one attached hydrogen (secondary N) is 1. The van der Waals surface area contributed by atoms with Crippen molar-refractivity contribution in [3.05, 3.63) is 83.3 Å². The van der Waals surface area contributed by atoms with E-state index < -0.39 is 47.0 Å². The Bertz CT molecular complexity index is 1740. The number of thioether (sulfide) groups is 1. The van der Waals surface area contributed by atoms with Gasteiger partial charge in [-0.15, -0.1) is 11.8 Å². The number of halogens is 1. The number of amides is 2. The van der Waals surface area contributed by atoms with Crippen molar-refractivity contribution in [2.75, 3.05) is 6.54 Å². The molecular formula is C28H22ClN3O8S2. The molecule has 14 heteroatoms. The van der Waals surface area contributed by atoms with Gasteiger partial charge in [0, 0.05) is 44.3 Å². The van der Waals surface area contributed by atoms with Crippen LogP contribution in [-0.2, 0) is 21.0 Å². The van der Waals surface area contributed by atoms with Crippen molar-refractivity contribution in [3.63, 3.8) is 0 Å². The summed E-state index contributed by atoms with van der Waals surface area (Å²) in [5.74, 6) is -4.36. The molecule has 0 unspecified atom stereocenters. The molecule has 2 aromatic carbocycles. The molecular weight excluding hydrogens is 606 g/mol. The van der Waals surface area contributed by atoms with Gasteiger partial charge in [-0.25, -0.2) is 0 Å². The van der Waals surface area contributed by atoms with E-state index in [-0.39, 0.29) is 40.2 Å². The number of hydrogen-bond donors (Lipinski definition) is 2. The number of aromatic nitrogens is 1. The summed E-state index contributed by atoms with van der Waals surface area (Å²) in [7, 11) is 0. The Morgan fingerprint density at radius 3 is 2.60 bits per heavy atom. The lowest BCUT2D eigenvalue weighted by atomic mass is 9.68. The Morgan fingerprint density at radius 2 is 1.88 bits per heavy atom. The number of aliphatic carboxylic acids is 1. The van der Waals surface area contributed by atoms with Crippen LogP contribution in [-0.4, -0.2) is 49.5 Å². The highest BCUT2D eigenvalue weighted by Crippen LogP contribution is 2.69. The number of hydrogen-bond acceptors (Lipinski definition) is 9. The molecule has 7 atom stereocenters. The molecule has 2 amide bonds. The number of carboxylic acids is 1. The highest BCUT2D eigenvalue weighted by Gasteiger charge is 2.69. The number of H-pyrrole nitrogens is 1. The number of carbonyl (C=O) groups excluding carboxylic acids is 2. The summed E-state index contributed by atoms with van der Waals surface area (Å²) in [6.45, 7) is -0.578. The zero-order valence-electron chi connectivity index (χ0n) is 21.6. The SMILES string of the molecule is O=C(O)CN1C(=O)[C@@H]2[C@H]3C[C@@H]([C@@H]4Sc5[nH]c(=O)sc5[C@@H](c5cc([N+](=O)[O-])ccc5OCc5ccccc5Cl)[C@@H]34)[C@H]2C1=O. The van der Waals surface area contributed by atoms with Gasteiger partial charge >= 0.3 is 10.8 Å². The van der Waals surface area contributed by atoms with Crippen molar-refractivity contribution in [3.8, 4) is 5.75 Å². The number of nitro groups is 1. The van der Waals surface area contributed by atoms with E-state index in [0.717, 1.165) is 21.8 Å². The lowest BCUT2D eigenvalue weighted by Gasteiger charge is -2.43. The minimum Gasteiger partial charge on any atom is -0.489 e. The Labute approximate surface area is 251 Å². The maximum atomic E-state index is 13.4. The average Bonchev–Trinajstić information content (AvgIpc) is 3.68. The van der Waals surface area contributed by atoms with Crippen LogP contribution in [0.5, 0.6) is 5.75 Å². The normalized spacial score (nSPS) is 28.9. The van der Waals surface area contributed by atoms with Gasteiger partial charge in [0.1, 0.15) is 18.9 Å². The van der Waals surface area contributed by atoms with Gasteiger partial charge in [-0.3, -0.25) is 34.2 Å². The van der Waals surface area contributed by atoms with Crippen LogP contribution in [0.3, 0.4) is 0 Å². The van der Waals surface area contributed by atoms with Crippen LogP contribution in [0, 0.1) is 39.7 Å². The second-order valence-corrected chi connectivity index (χ2v) is 13.6. The molecule has 3 fully saturated rings. The number of nitro benzene ring substituents is 1. The number of ether oxygens (including phenoxy) is 1. The van der Waals surface area contributed by atoms with Crippen molar-refractivity contribution in [2.45, 2.75) is 29.2 Å². The summed E-state index contributed by atoms with van der Waals surface area (Å²) in [5, 5.41) is 22.2. The highest BCUT2D eigenvalue weighted by molar-refractivity contribution is 8.00. The van der Waals surface area contributed by atoms with Crippen LogP contribution < -0.4 is 9.61 Å². The van der Waals surface area contributed by atoms with Crippen LogP contribution >= 0.6 is 34.7 Å². The Balaban J connectivity index is 1.33. The first-order chi connectivity index (χ1) is 20.1. The largest absolute Gasteiger partial charge is 0.489 e. The van der Waals surface area contributed by atoms with Crippen molar-refractivity contribution in [1.82, 2.24) is 9.88 Å². The third-order valence-electron chi connectivity index (χ3n) is 8.99. The number of benzene rings is 2. The van der Waals surface area contributed by atoms with Crippen LogP contribution in [0.4, 0.5) is 5.69 Å². The molecule has 42 heavy (non-hydrogen) atoms. The van der Waals surface area contributed by atoms with Crippen molar-refractivity contribution in [1.29, 1.82) is 0 Å². The number of likely N-dealkylation sites (tertiary alicyclic amines) is 1. The fraction of sp³-hybridized carbons (Fsp3) is 0.357. The second-order valence-electron chi connectivity index (χ2n) is 11.0. The van der Waals surface area contributed by atoms with Gasteiger partial charge in [0.15, 0.2) is 0 Å². The van der Waals surface area contributed by atoms with Gasteiger partial charge in [0.25, 0.3) is 5.69 Å². The topological polar surface area (TPSA) is 160 Å². The predicted octanol–water partition coefficient (Wildman–Crippen LogP) is 4.13. The summed E-state index contributed by atoms with van der Waals surface area (Å²) in [6.07, 6.45) is 0.594. The summed E-state index contributed by atoms with van der Waals surface area (Å²) in [6, 6.07) is 11.6. The monoisotopic (exact) mass is 627 g/mol. The lowest BCUT2D eigenvalue weighted by molar-refractivity contribution is -0.385. The van der Waals surface area contributed by atoms with Gasteiger partial charge in [0.2, 0.25) is 11.8 Å². The first-order valence-electron chi connectivity index (χ1n) is 13.2. The molecule has 1 aromatic heterocycles. The molecule has 2 N–H and O–H groups in total. The summed E-state index contributed by atoms with van der Waals surface area (Å²) in [4.78, 5) is 66.4. The van der Waals surface area contributed by atoms with E-state index in [2.05, 4.69) is 4.98 Å². The molecule has 2 aliphatic carbocycles. The van der Waals surface area contributed by atoms with Crippen molar-refractivity contribution < 1.29 is 29.2 Å². The van der Waals surface area contributed by atoms with Crippen molar-refractivity contribution in [2.24, 2.45) is 29.6 Å².